The highest BCUT2D eigenvalue weighted by Gasteiger charge is 2.28. The molecule has 140 valence electrons. The van der Waals surface area contributed by atoms with Crippen molar-refractivity contribution >= 4 is 27.4 Å². The molecule has 0 aliphatic heterocycles. The largest absolute Gasteiger partial charge is 0.497 e. The fourth-order valence-corrected chi connectivity index (χ4v) is 3.71. The number of carboxylic acid groups (broad SMARTS) is 1. The van der Waals surface area contributed by atoms with Gasteiger partial charge in [0.25, 0.3) is 10.0 Å². The molecule has 0 unspecified atom stereocenters. The fourth-order valence-electron chi connectivity index (χ4n) is 2.28. The van der Waals surface area contributed by atoms with Crippen LogP contribution in [0.2, 0.25) is 0 Å². The summed E-state index contributed by atoms with van der Waals surface area (Å²) in [6, 6.07) is 9.53. The van der Waals surface area contributed by atoms with E-state index in [1.54, 1.807) is 6.92 Å². The standard InChI is InChI=1S/C16H18N2O7S/c1-11-3-8-14(9-15(11)18(21)22)26(23,24)17(10-16(19)20)12-4-6-13(25-2)7-5-12/h3-9,21-22H,10H2,1-2H3,(H,19,20). The first-order valence-electron chi connectivity index (χ1n) is 7.34. The summed E-state index contributed by atoms with van der Waals surface area (Å²) in [5, 5.41) is 27.4. The summed E-state index contributed by atoms with van der Waals surface area (Å²) in [5.74, 6) is -0.863. The molecule has 3 N–H and O–H groups in total. The zero-order valence-electron chi connectivity index (χ0n) is 14.0. The van der Waals surface area contributed by atoms with E-state index >= 15 is 0 Å². The maximum atomic E-state index is 13.0. The van der Waals surface area contributed by atoms with Crippen molar-refractivity contribution in [2.75, 3.05) is 23.2 Å². The van der Waals surface area contributed by atoms with Crippen LogP contribution in [0.1, 0.15) is 5.56 Å². The van der Waals surface area contributed by atoms with Crippen LogP contribution in [-0.4, -0.2) is 43.6 Å². The van der Waals surface area contributed by atoms with Crippen molar-refractivity contribution in [2.24, 2.45) is 0 Å². The third-order valence-electron chi connectivity index (χ3n) is 3.62. The second kappa shape index (κ2) is 7.60. The number of carboxylic acids is 1. The number of carbonyl (C=O) groups is 1. The van der Waals surface area contributed by atoms with E-state index in [2.05, 4.69) is 0 Å². The van der Waals surface area contributed by atoms with E-state index in [1.807, 2.05) is 0 Å². The van der Waals surface area contributed by atoms with Gasteiger partial charge in [-0.25, -0.2) is 8.42 Å². The van der Waals surface area contributed by atoms with Gasteiger partial charge in [-0.05, 0) is 48.9 Å². The van der Waals surface area contributed by atoms with Crippen LogP contribution in [0.5, 0.6) is 5.75 Å². The van der Waals surface area contributed by atoms with Gasteiger partial charge in [-0.15, -0.1) is 5.23 Å². The molecule has 0 radical (unpaired) electrons. The molecule has 0 aliphatic carbocycles. The zero-order chi connectivity index (χ0) is 19.5. The van der Waals surface area contributed by atoms with Crippen molar-refractivity contribution in [1.82, 2.24) is 0 Å². The maximum absolute atomic E-state index is 13.0. The Morgan fingerprint density at radius 2 is 1.73 bits per heavy atom. The van der Waals surface area contributed by atoms with Crippen LogP contribution < -0.4 is 14.3 Å². The number of nitrogens with zero attached hydrogens (tertiary/aromatic N) is 2. The van der Waals surface area contributed by atoms with Gasteiger partial charge in [0.15, 0.2) is 0 Å². The van der Waals surface area contributed by atoms with E-state index < -0.39 is 22.5 Å². The SMILES string of the molecule is COc1ccc(N(CC(=O)O)S(=O)(=O)c2ccc(C)c(N(O)O)c2)cc1. The quantitative estimate of drug-likeness (QED) is 0.619. The molecule has 0 amide bonds. The van der Waals surface area contributed by atoms with Crippen LogP contribution >= 0.6 is 0 Å². The van der Waals surface area contributed by atoms with Crippen molar-refractivity contribution < 1.29 is 33.5 Å². The highest BCUT2D eigenvalue weighted by atomic mass is 32.2. The van der Waals surface area contributed by atoms with Gasteiger partial charge in [-0.1, -0.05) is 6.07 Å². The number of aryl methyl sites for hydroxylation is 1. The lowest BCUT2D eigenvalue weighted by Gasteiger charge is -2.23. The van der Waals surface area contributed by atoms with E-state index in [0.29, 0.717) is 15.6 Å². The lowest BCUT2D eigenvalue weighted by atomic mass is 10.2. The third-order valence-corrected chi connectivity index (χ3v) is 5.39. The molecular formula is C16H18N2O7S. The van der Waals surface area contributed by atoms with Gasteiger partial charge < -0.3 is 9.84 Å². The van der Waals surface area contributed by atoms with Crippen LogP contribution in [0.25, 0.3) is 0 Å². The minimum absolute atomic E-state index is 0.125. The van der Waals surface area contributed by atoms with Crippen molar-refractivity contribution in [3.05, 3.63) is 48.0 Å². The van der Waals surface area contributed by atoms with E-state index in [4.69, 9.17) is 9.84 Å². The van der Waals surface area contributed by atoms with Gasteiger partial charge in [0.2, 0.25) is 0 Å². The van der Waals surface area contributed by atoms with Crippen LogP contribution in [0, 0.1) is 6.92 Å². The Morgan fingerprint density at radius 1 is 1.12 bits per heavy atom. The number of benzene rings is 2. The molecular weight excluding hydrogens is 364 g/mol. The average Bonchev–Trinajstić information content (AvgIpc) is 2.59. The van der Waals surface area contributed by atoms with E-state index in [9.17, 15) is 23.6 Å². The molecule has 0 saturated heterocycles. The van der Waals surface area contributed by atoms with Crippen LogP contribution in [-0.2, 0) is 14.8 Å². The topological polar surface area (TPSA) is 128 Å². The predicted octanol–water partition coefficient (Wildman–Crippen LogP) is 1.87. The molecule has 0 spiro atoms. The van der Waals surface area contributed by atoms with Gasteiger partial charge >= 0.3 is 5.97 Å². The maximum Gasteiger partial charge on any atom is 0.324 e. The Balaban J connectivity index is 2.55. The minimum atomic E-state index is -4.28. The summed E-state index contributed by atoms with van der Waals surface area (Å²) in [4.78, 5) is 10.9. The molecule has 0 bridgehead atoms. The number of rotatable bonds is 7. The van der Waals surface area contributed by atoms with E-state index in [0.717, 1.165) is 6.07 Å². The van der Waals surface area contributed by atoms with E-state index in [1.165, 1.54) is 43.5 Å². The number of anilines is 2. The van der Waals surface area contributed by atoms with Gasteiger partial charge in [-0.3, -0.25) is 19.5 Å². The number of methoxy groups -OCH3 is 1. The summed E-state index contributed by atoms with van der Waals surface area (Å²) >= 11 is 0. The summed E-state index contributed by atoms with van der Waals surface area (Å²) in [5.41, 5.74) is 0.402. The molecule has 2 rings (SSSR count). The predicted molar refractivity (Wildman–Crippen MR) is 92.4 cm³/mol. The Morgan fingerprint density at radius 3 is 2.23 bits per heavy atom. The number of hydrogen-bond acceptors (Lipinski definition) is 7. The molecule has 0 aliphatic rings. The summed E-state index contributed by atoms with van der Waals surface area (Å²) in [6.07, 6.45) is 0. The number of hydrogen-bond donors (Lipinski definition) is 3. The molecule has 0 atom stereocenters. The van der Waals surface area contributed by atoms with Crippen molar-refractivity contribution in [2.45, 2.75) is 11.8 Å². The van der Waals surface area contributed by atoms with Crippen LogP contribution in [0.4, 0.5) is 11.4 Å². The average molecular weight is 382 g/mol. The molecule has 26 heavy (non-hydrogen) atoms. The molecule has 0 fully saturated rings. The lowest BCUT2D eigenvalue weighted by Crippen LogP contribution is -2.35. The molecule has 0 saturated carbocycles. The van der Waals surface area contributed by atoms with Gasteiger partial charge in [-0.2, -0.15) is 0 Å². The summed E-state index contributed by atoms with van der Waals surface area (Å²) in [7, 11) is -2.83. The zero-order valence-corrected chi connectivity index (χ0v) is 14.8. The first-order chi connectivity index (χ1) is 12.2. The highest BCUT2D eigenvalue weighted by molar-refractivity contribution is 7.92. The molecule has 2 aromatic rings. The summed E-state index contributed by atoms with van der Waals surface area (Å²) < 4.78 is 31.6. The fraction of sp³-hybridized carbons (Fsp3) is 0.188. The second-order valence-corrected chi connectivity index (χ2v) is 7.20. The smallest absolute Gasteiger partial charge is 0.324 e. The Hall–Kier alpha value is -2.82. The number of sulfonamides is 1. The molecule has 2 aromatic carbocycles. The van der Waals surface area contributed by atoms with Crippen molar-refractivity contribution in [3.63, 3.8) is 0 Å². The van der Waals surface area contributed by atoms with Gasteiger partial charge in [0.05, 0.1) is 23.4 Å². The van der Waals surface area contributed by atoms with Crippen molar-refractivity contribution in [1.29, 1.82) is 0 Å². The van der Waals surface area contributed by atoms with E-state index in [-0.39, 0.29) is 21.5 Å². The normalized spacial score (nSPS) is 11.1. The Kier molecular flexibility index (Phi) is 5.70. The molecule has 0 aromatic heterocycles. The van der Waals surface area contributed by atoms with Gasteiger partial charge in [0, 0.05) is 0 Å². The number of ether oxygens (including phenoxy) is 1. The molecule has 9 nitrogen and oxygen atoms in total. The van der Waals surface area contributed by atoms with Gasteiger partial charge in [0.1, 0.15) is 12.3 Å². The first kappa shape index (κ1) is 19.5. The lowest BCUT2D eigenvalue weighted by molar-refractivity contribution is -0.135. The Labute approximate surface area is 150 Å². The van der Waals surface area contributed by atoms with Crippen LogP contribution in [0.15, 0.2) is 47.4 Å². The monoisotopic (exact) mass is 382 g/mol. The Bertz CT molecular complexity index is 895. The summed E-state index contributed by atoms with van der Waals surface area (Å²) in [6.45, 7) is 0.753. The number of aliphatic carboxylic acids is 1. The minimum Gasteiger partial charge on any atom is -0.497 e. The van der Waals surface area contributed by atoms with Crippen molar-refractivity contribution in [3.8, 4) is 5.75 Å². The van der Waals surface area contributed by atoms with Crippen LogP contribution in [0.3, 0.4) is 0 Å². The second-order valence-electron chi connectivity index (χ2n) is 5.34. The third kappa shape index (κ3) is 4.04. The molecule has 10 heteroatoms. The highest BCUT2D eigenvalue weighted by Crippen LogP contribution is 2.28. The molecule has 0 heterocycles. The first-order valence-corrected chi connectivity index (χ1v) is 8.78.